The zero-order chi connectivity index (χ0) is 15.2. The maximum absolute atomic E-state index is 9.85. The average Bonchev–Trinajstić information content (AvgIpc) is 2.56. The minimum atomic E-state index is 0. The van der Waals surface area contributed by atoms with Crippen molar-refractivity contribution in [3.63, 3.8) is 0 Å². The number of hydrogen-bond donors (Lipinski definition) is 2. The summed E-state index contributed by atoms with van der Waals surface area (Å²) in [6, 6.07) is 25.9. The van der Waals surface area contributed by atoms with Crippen molar-refractivity contribution in [2.45, 2.75) is 16.3 Å². The van der Waals surface area contributed by atoms with E-state index in [-0.39, 0.29) is 58.9 Å². The van der Waals surface area contributed by atoms with Crippen LogP contribution in [-0.4, -0.2) is 5.11 Å². The van der Waals surface area contributed by atoms with E-state index in [2.05, 4.69) is 29.6 Å². The molecule has 0 saturated carbocycles. The van der Waals surface area contributed by atoms with Crippen LogP contribution < -0.4 is 42.5 Å². The fraction of sp³-hybridized carbons (Fsp3) is 0.0526. The maximum atomic E-state index is 9.85. The van der Waals surface area contributed by atoms with E-state index in [1.165, 1.54) is 9.79 Å². The number of anilines is 1. The van der Waals surface area contributed by atoms with E-state index in [0.29, 0.717) is 12.3 Å². The first-order valence-corrected chi connectivity index (χ1v) is 7.97. The first-order chi connectivity index (χ1) is 10.8. The van der Waals surface area contributed by atoms with Crippen molar-refractivity contribution in [3.8, 4) is 5.75 Å². The summed E-state index contributed by atoms with van der Waals surface area (Å²) in [4.78, 5) is 2.38. The molecule has 0 aromatic heterocycles. The predicted molar refractivity (Wildman–Crippen MR) is 92.4 cm³/mol. The standard InChI is InChI=1S/C19H17NOS.3ClH.Ti/c21-18-12-6-4-8-15(18)14-20-17-11-5-7-13-19(17)22-16-9-2-1-3-10-16;;;;/h1-13,20-21H,14H2;3*1H;/q;;;;+3/p-3. The summed E-state index contributed by atoms with van der Waals surface area (Å²) in [6.07, 6.45) is 0. The third-order valence-corrected chi connectivity index (χ3v) is 4.40. The molecule has 3 rings (SSSR count). The van der Waals surface area contributed by atoms with Crippen LogP contribution in [0.2, 0.25) is 0 Å². The molecule has 0 saturated heterocycles. The minimum Gasteiger partial charge on any atom is -1.00 e. The van der Waals surface area contributed by atoms with Crippen LogP contribution in [0.25, 0.3) is 0 Å². The Kier molecular flexibility index (Phi) is 15.1. The van der Waals surface area contributed by atoms with E-state index in [1.54, 1.807) is 17.8 Å². The molecule has 0 spiro atoms. The Morgan fingerprint density at radius 1 is 0.731 bits per heavy atom. The van der Waals surface area contributed by atoms with Gasteiger partial charge in [-0.25, -0.2) is 0 Å². The molecule has 0 heterocycles. The molecule has 0 fully saturated rings. The van der Waals surface area contributed by atoms with E-state index in [4.69, 9.17) is 0 Å². The molecule has 0 aliphatic carbocycles. The van der Waals surface area contributed by atoms with Gasteiger partial charge in [-0.1, -0.05) is 60.3 Å². The summed E-state index contributed by atoms with van der Waals surface area (Å²) in [7, 11) is 0. The van der Waals surface area contributed by atoms with Crippen LogP contribution in [0.15, 0.2) is 88.7 Å². The van der Waals surface area contributed by atoms with Crippen molar-refractivity contribution in [1.82, 2.24) is 0 Å². The molecule has 0 aliphatic heterocycles. The summed E-state index contributed by atoms with van der Waals surface area (Å²) in [5, 5.41) is 13.3. The monoisotopic (exact) mass is 460 g/mol. The Balaban J connectivity index is 0. The molecule has 1 radical (unpaired) electrons. The molecular weight excluding hydrogens is 445 g/mol. The molecule has 0 amide bonds. The third kappa shape index (κ3) is 7.83. The summed E-state index contributed by atoms with van der Waals surface area (Å²) >= 11 is 1.73. The number of phenols is 1. The van der Waals surface area contributed by atoms with E-state index in [1.807, 2.05) is 48.5 Å². The molecule has 2 nitrogen and oxygen atoms in total. The topological polar surface area (TPSA) is 32.3 Å². The van der Waals surface area contributed by atoms with E-state index >= 15 is 0 Å². The van der Waals surface area contributed by atoms with Crippen LogP contribution in [0.5, 0.6) is 5.75 Å². The van der Waals surface area contributed by atoms with Crippen LogP contribution >= 0.6 is 11.8 Å². The third-order valence-electron chi connectivity index (χ3n) is 3.32. The Hall–Kier alpha value is -0.806. The molecular formula is C19H17Cl3NOSTi. The molecule has 7 heteroatoms. The molecule has 135 valence electrons. The van der Waals surface area contributed by atoms with Gasteiger partial charge >= 0.3 is 21.7 Å². The van der Waals surface area contributed by atoms with E-state index in [0.717, 1.165) is 11.3 Å². The second-order valence-corrected chi connectivity index (χ2v) is 6.01. The largest absolute Gasteiger partial charge is 3.00 e. The van der Waals surface area contributed by atoms with Gasteiger partial charge in [-0.2, -0.15) is 0 Å². The molecule has 0 unspecified atom stereocenters. The zero-order valence-electron chi connectivity index (χ0n) is 13.7. The van der Waals surface area contributed by atoms with Crippen LogP contribution in [0.4, 0.5) is 5.69 Å². The van der Waals surface area contributed by atoms with Crippen LogP contribution in [-0.2, 0) is 28.3 Å². The Morgan fingerprint density at radius 3 is 2.00 bits per heavy atom. The minimum absolute atomic E-state index is 0. The number of nitrogens with one attached hydrogen (secondary N) is 1. The van der Waals surface area contributed by atoms with Gasteiger partial charge in [0.2, 0.25) is 0 Å². The molecule has 3 aromatic carbocycles. The number of benzene rings is 3. The molecule has 26 heavy (non-hydrogen) atoms. The molecule has 0 bridgehead atoms. The van der Waals surface area contributed by atoms with E-state index < -0.39 is 0 Å². The van der Waals surface area contributed by atoms with Gasteiger partial charge in [-0.05, 0) is 30.3 Å². The van der Waals surface area contributed by atoms with Gasteiger partial charge in [-0.3, -0.25) is 0 Å². The number of aromatic hydroxyl groups is 1. The summed E-state index contributed by atoms with van der Waals surface area (Å²) in [5.41, 5.74) is 1.96. The van der Waals surface area contributed by atoms with Gasteiger partial charge in [0.15, 0.2) is 0 Å². The van der Waals surface area contributed by atoms with Crippen LogP contribution in [0, 0.1) is 0 Å². The quantitative estimate of drug-likeness (QED) is 0.382. The molecule has 2 N–H and O–H groups in total. The predicted octanol–water partition coefficient (Wildman–Crippen LogP) is -3.83. The van der Waals surface area contributed by atoms with Crippen molar-refractivity contribution in [2.75, 3.05) is 5.32 Å². The summed E-state index contributed by atoms with van der Waals surface area (Å²) in [5.74, 6) is 0.322. The molecule has 0 atom stereocenters. The number of hydrogen-bond acceptors (Lipinski definition) is 3. The summed E-state index contributed by atoms with van der Waals surface area (Å²) in [6.45, 7) is 0.596. The van der Waals surface area contributed by atoms with Gasteiger partial charge < -0.3 is 47.6 Å². The summed E-state index contributed by atoms with van der Waals surface area (Å²) < 4.78 is 0. The van der Waals surface area contributed by atoms with Crippen molar-refractivity contribution >= 4 is 17.4 Å². The normalized spacial score (nSPS) is 8.77. The van der Waals surface area contributed by atoms with E-state index in [9.17, 15) is 5.11 Å². The van der Waals surface area contributed by atoms with Crippen molar-refractivity contribution in [1.29, 1.82) is 0 Å². The van der Waals surface area contributed by atoms with Gasteiger partial charge in [0.05, 0.1) is 0 Å². The number of phenolic OH excluding ortho intramolecular Hbond substituents is 1. The first-order valence-electron chi connectivity index (χ1n) is 7.15. The fourth-order valence-electron chi connectivity index (χ4n) is 2.17. The van der Waals surface area contributed by atoms with Crippen LogP contribution in [0.3, 0.4) is 0 Å². The van der Waals surface area contributed by atoms with Gasteiger partial charge in [0.1, 0.15) is 5.75 Å². The molecule has 0 aliphatic rings. The second-order valence-electron chi connectivity index (χ2n) is 4.89. The molecule has 3 aromatic rings. The number of rotatable bonds is 5. The van der Waals surface area contributed by atoms with Gasteiger partial charge in [0.25, 0.3) is 0 Å². The maximum Gasteiger partial charge on any atom is 3.00 e. The average molecular weight is 462 g/mol. The number of para-hydroxylation sites is 2. The van der Waals surface area contributed by atoms with Crippen molar-refractivity contribution < 1.29 is 64.0 Å². The second kappa shape index (κ2) is 14.3. The van der Waals surface area contributed by atoms with Gasteiger partial charge in [0, 0.05) is 27.6 Å². The first kappa shape index (κ1) is 27.4. The van der Waals surface area contributed by atoms with Crippen LogP contribution in [0.1, 0.15) is 5.56 Å². The van der Waals surface area contributed by atoms with Gasteiger partial charge in [-0.15, -0.1) is 0 Å². The number of halogens is 3. The zero-order valence-corrected chi connectivity index (χ0v) is 18.3. The Bertz CT molecular complexity index is 763. The van der Waals surface area contributed by atoms with Crippen molar-refractivity contribution in [3.05, 3.63) is 84.4 Å². The Morgan fingerprint density at radius 2 is 1.31 bits per heavy atom. The fourth-order valence-corrected chi connectivity index (χ4v) is 3.11. The van der Waals surface area contributed by atoms with Crippen molar-refractivity contribution in [2.24, 2.45) is 0 Å². The Labute approximate surface area is 192 Å². The SMILES string of the molecule is Oc1ccccc1CNc1ccccc1Sc1ccccc1.[Cl-].[Cl-].[Cl-].[Ti+3]. The smallest absolute Gasteiger partial charge is 1.00 e.